The van der Waals surface area contributed by atoms with Crippen LogP contribution in [0.5, 0.6) is 0 Å². The van der Waals surface area contributed by atoms with Crippen LogP contribution in [0.4, 0.5) is 5.69 Å². The number of carbonyl (C=O) groups is 1. The summed E-state index contributed by atoms with van der Waals surface area (Å²) in [5.74, 6) is 1.78. The van der Waals surface area contributed by atoms with Gasteiger partial charge in [0, 0.05) is 24.2 Å². The van der Waals surface area contributed by atoms with Gasteiger partial charge in [-0.25, -0.2) is 0 Å². The number of amides is 1. The zero-order chi connectivity index (χ0) is 17.8. The molecule has 134 valence electrons. The van der Waals surface area contributed by atoms with E-state index in [1.165, 1.54) is 6.42 Å². The van der Waals surface area contributed by atoms with Crippen molar-refractivity contribution in [2.24, 2.45) is 5.92 Å². The van der Waals surface area contributed by atoms with Crippen molar-refractivity contribution in [1.82, 2.24) is 14.8 Å². The van der Waals surface area contributed by atoms with Crippen LogP contribution in [-0.2, 0) is 17.8 Å². The van der Waals surface area contributed by atoms with Gasteiger partial charge in [0.1, 0.15) is 5.82 Å². The fraction of sp³-hybridized carbons (Fsp3) is 0.526. The lowest BCUT2D eigenvalue weighted by molar-refractivity contribution is -0.118. The lowest BCUT2D eigenvalue weighted by atomic mass is 10.0. The second kappa shape index (κ2) is 7.78. The number of hydrogen-bond acceptors (Lipinski definition) is 4. The van der Waals surface area contributed by atoms with Crippen LogP contribution >= 0.6 is 0 Å². The molecule has 1 amide bonds. The van der Waals surface area contributed by atoms with Crippen molar-refractivity contribution in [1.29, 1.82) is 0 Å². The average Bonchev–Trinajstić information content (AvgIpc) is 2.83. The Morgan fingerprint density at radius 2 is 2.12 bits per heavy atom. The predicted octanol–water partition coefficient (Wildman–Crippen LogP) is 3.02. The molecule has 1 atom stereocenters. The molecule has 2 N–H and O–H groups in total. The normalized spacial score (nSPS) is 15.5. The number of hydrogen-bond donors (Lipinski definition) is 2. The molecule has 6 nitrogen and oxygen atoms in total. The van der Waals surface area contributed by atoms with Gasteiger partial charge in [-0.3, -0.25) is 4.79 Å². The maximum atomic E-state index is 12.1. The van der Waals surface area contributed by atoms with Crippen molar-refractivity contribution in [2.45, 2.75) is 58.6 Å². The molecule has 0 fully saturated rings. The van der Waals surface area contributed by atoms with Crippen LogP contribution in [0, 0.1) is 5.92 Å². The molecule has 1 aliphatic rings. The fourth-order valence-electron chi connectivity index (χ4n) is 3.07. The number of aromatic nitrogens is 3. The van der Waals surface area contributed by atoms with E-state index in [9.17, 15) is 9.90 Å². The molecular weight excluding hydrogens is 316 g/mol. The molecule has 0 bridgehead atoms. The fourth-order valence-corrected chi connectivity index (χ4v) is 3.07. The molecule has 25 heavy (non-hydrogen) atoms. The molecule has 3 rings (SSSR count). The third-order valence-electron chi connectivity index (χ3n) is 4.68. The summed E-state index contributed by atoms with van der Waals surface area (Å²) in [6.45, 7) is 4.74. The first-order valence-electron chi connectivity index (χ1n) is 9.05. The van der Waals surface area contributed by atoms with E-state index < -0.39 is 6.10 Å². The predicted molar refractivity (Wildman–Crippen MR) is 97.1 cm³/mol. The smallest absolute Gasteiger partial charge is 0.226 e. The van der Waals surface area contributed by atoms with Gasteiger partial charge in [0.2, 0.25) is 5.91 Å². The van der Waals surface area contributed by atoms with Gasteiger partial charge in [-0.05, 0) is 30.9 Å². The maximum Gasteiger partial charge on any atom is 0.226 e. The zero-order valence-corrected chi connectivity index (χ0v) is 14.9. The summed E-state index contributed by atoms with van der Waals surface area (Å²) < 4.78 is 2.19. The number of benzene rings is 1. The van der Waals surface area contributed by atoms with Crippen molar-refractivity contribution in [2.75, 3.05) is 5.32 Å². The SMILES string of the molecule is CC(C)C(O)CC(=O)Nc1cccc(-c2nnc3n2CCCCC3)c1. The highest BCUT2D eigenvalue weighted by atomic mass is 16.3. The van der Waals surface area contributed by atoms with Crippen molar-refractivity contribution >= 4 is 11.6 Å². The van der Waals surface area contributed by atoms with Crippen molar-refractivity contribution in [3.05, 3.63) is 30.1 Å². The molecule has 2 aromatic rings. The Morgan fingerprint density at radius 1 is 1.28 bits per heavy atom. The largest absolute Gasteiger partial charge is 0.392 e. The molecule has 0 saturated heterocycles. The van der Waals surface area contributed by atoms with Gasteiger partial charge >= 0.3 is 0 Å². The molecule has 1 aromatic heterocycles. The summed E-state index contributed by atoms with van der Waals surface area (Å²) in [5, 5.41) is 21.4. The first-order valence-corrected chi connectivity index (χ1v) is 9.05. The van der Waals surface area contributed by atoms with Crippen LogP contribution < -0.4 is 5.32 Å². The third kappa shape index (κ3) is 4.25. The number of fused-ring (bicyclic) bond motifs is 1. The average molecular weight is 342 g/mol. The Morgan fingerprint density at radius 3 is 2.92 bits per heavy atom. The van der Waals surface area contributed by atoms with Crippen LogP contribution in [0.2, 0.25) is 0 Å². The summed E-state index contributed by atoms with van der Waals surface area (Å²) in [4.78, 5) is 12.1. The lowest BCUT2D eigenvalue weighted by Crippen LogP contribution is -2.23. The molecule has 0 radical (unpaired) electrons. The second-order valence-corrected chi connectivity index (χ2v) is 7.05. The quantitative estimate of drug-likeness (QED) is 0.875. The van der Waals surface area contributed by atoms with Crippen LogP contribution in [0.15, 0.2) is 24.3 Å². The van der Waals surface area contributed by atoms with Crippen LogP contribution in [-0.4, -0.2) is 31.9 Å². The third-order valence-corrected chi connectivity index (χ3v) is 4.68. The molecule has 1 aliphatic heterocycles. The molecule has 0 aliphatic carbocycles. The van der Waals surface area contributed by atoms with Crippen LogP contribution in [0.1, 0.15) is 45.4 Å². The number of rotatable bonds is 5. The van der Waals surface area contributed by atoms with Gasteiger partial charge in [0.25, 0.3) is 0 Å². The van der Waals surface area contributed by atoms with E-state index in [2.05, 4.69) is 20.1 Å². The Labute approximate surface area is 148 Å². The van der Waals surface area contributed by atoms with Crippen molar-refractivity contribution < 1.29 is 9.90 Å². The first-order chi connectivity index (χ1) is 12.0. The minimum absolute atomic E-state index is 0.0588. The highest BCUT2D eigenvalue weighted by Crippen LogP contribution is 2.25. The van der Waals surface area contributed by atoms with E-state index in [-0.39, 0.29) is 18.2 Å². The number of nitrogens with one attached hydrogen (secondary N) is 1. The summed E-state index contributed by atoms with van der Waals surface area (Å²) >= 11 is 0. The van der Waals surface area contributed by atoms with Gasteiger partial charge in [0.05, 0.1) is 12.5 Å². The van der Waals surface area contributed by atoms with E-state index in [0.29, 0.717) is 5.69 Å². The second-order valence-electron chi connectivity index (χ2n) is 7.05. The molecule has 0 spiro atoms. The van der Waals surface area contributed by atoms with Gasteiger partial charge in [-0.2, -0.15) is 0 Å². The number of aliphatic hydroxyl groups excluding tert-OH is 1. The van der Waals surface area contributed by atoms with Gasteiger partial charge in [-0.15, -0.1) is 10.2 Å². The Balaban J connectivity index is 1.76. The lowest BCUT2D eigenvalue weighted by Gasteiger charge is -2.14. The number of anilines is 1. The zero-order valence-electron chi connectivity index (χ0n) is 14.9. The monoisotopic (exact) mass is 342 g/mol. The number of aliphatic hydroxyl groups is 1. The van der Waals surface area contributed by atoms with E-state index in [4.69, 9.17) is 0 Å². The van der Waals surface area contributed by atoms with Gasteiger partial charge in [-0.1, -0.05) is 32.4 Å². The van der Waals surface area contributed by atoms with Crippen LogP contribution in [0.25, 0.3) is 11.4 Å². The molecule has 2 heterocycles. The topological polar surface area (TPSA) is 80.0 Å². The Bertz CT molecular complexity index is 739. The highest BCUT2D eigenvalue weighted by Gasteiger charge is 2.17. The summed E-state index contributed by atoms with van der Waals surface area (Å²) in [6, 6.07) is 7.66. The molecule has 1 aromatic carbocycles. The highest BCUT2D eigenvalue weighted by molar-refractivity contribution is 5.91. The van der Waals surface area contributed by atoms with E-state index in [1.807, 2.05) is 38.1 Å². The number of aryl methyl sites for hydroxylation is 1. The minimum Gasteiger partial charge on any atom is -0.392 e. The van der Waals surface area contributed by atoms with E-state index >= 15 is 0 Å². The number of nitrogens with zero attached hydrogens (tertiary/aromatic N) is 3. The van der Waals surface area contributed by atoms with Crippen molar-refractivity contribution in [3.8, 4) is 11.4 Å². The minimum atomic E-state index is -0.629. The van der Waals surface area contributed by atoms with E-state index in [0.717, 1.165) is 43.0 Å². The molecule has 0 saturated carbocycles. The summed E-state index contributed by atoms with van der Waals surface area (Å²) in [7, 11) is 0. The van der Waals surface area contributed by atoms with Gasteiger partial charge in [0.15, 0.2) is 5.82 Å². The van der Waals surface area contributed by atoms with E-state index in [1.54, 1.807) is 0 Å². The summed E-state index contributed by atoms with van der Waals surface area (Å²) in [6.07, 6.45) is 3.96. The molecule has 1 unspecified atom stereocenters. The Kier molecular flexibility index (Phi) is 5.48. The molecule has 6 heteroatoms. The summed E-state index contributed by atoms with van der Waals surface area (Å²) in [5.41, 5.74) is 1.66. The van der Waals surface area contributed by atoms with Crippen LogP contribution in [0.3, 0.4) is 0 Å². The first kappa shape index (κ1) is 17.6. The standard InChI is InChI=1S/C19H26N4O2/c1-13(2)16(24)12-18(25)20-15-8-6-7-14(11-15)19-22-21-17-9-4-3-5-10-23(17)19/h6-8,11,13,16,24H,3-5,9-10,12H2,1-2H3,(H,20,25). The maximum absolute atomic E-state index is 12.1. The Hall–Kier alpha value is -2.21. The number of carbonyl (C=O) groups excluding carboxylic acids is 1. The molecular formula is C19H26N4O2. The van der Waals surface area contributed by atoms with Crippen molar-refractivity contribution in [3.63, 3.8) is 0 Å². The van der Waals surface area contributed by atoms with Gasteiger partial charge < -0.3 is 15.0 Å².